The molecule has 0 unspecified atom stereocenters. The maximum Gasteiger partial charge on any atom is 0.214 e. The molecule has 25 heavy (non-hydrogen) atoms. The van der Waals surface area contributed by atoms with Crippen molar-refractivity contribution in [2.45, 2.75) is 18.9 Å². The predicted octanol–water partition coefficient (Wildman–Crippen LogP) is 3.07. The highest BCUT2D eigenvalue weighted by Crippen LogP contribution is 2.34. The van der Waals surface area contributed by atoms with Crippen molar-refractivity contribution in [3.63, 3.8) is 0 Å². The van der Waals surface area contributed by atoms with Crippen LogP contribution in [0.3, 0.4) is 0 Å². The van der Waals surface area contributed by atoms with Crippen LogP contribution in [0.15, 0.2) is 24.4 Å². The number of hydrogen-bond donors (Lipinski definition) is 1. The van der Waals surface area contributed by atoms with E-state index in [1.807, 2.05) is 28.9 Å². The molecule has 0 radical (unpaired) electrons. The summed E-state index contributed by atoms with van der Waals surface area (Å²) in [6.07, 6.45) is 3.84. The van der Waals surface area contributed by atoms with Gasteiger partial charge in [0.1, 0.15) is 10.8 Å². The van der Waals surface area contributed by atoms with Gasteiger partial charge in [0, 0.05) is 24.8 Å². The van der Waals surface area contributed by atoms with Gasteiger partial charge in [-0.1, -0.05) is 11.3 Å². The third-order valence-corrected chi connectivity index (χ3v) is 5.26. The summed E-state index contributed by atoms with van der Waals surface area (Å²) in [4.78, 5) is 5.34. The van der Waals surface area contributed by atoms with Gasteiger partial charge in [0.05, 0.1) is 20.4 Å². The number of hydrogen-bond acceptors (Lipinski definition) is 7. The average Bonchev–Trinajstić information content (AvgIpc) is 3.24. The SMILES string of the molecule is COc1ccc(-c2nn3c(NC4CCOCC4)cnc3s2)cc1OC. The van der Waals surface area contributed by atoms with Gasteiger partial charge in [-0.15, -0.1) is 0 Å². The quantitative estimate of drug-likeness (QED) is 0.754. The minimum Gasteiger partial charge on any atom is -0.493 e. The van der Waals surface area contributed by atoms with Crippen molar-refractivity contribution in [2.24, 2.45) is 0 Å². The highest BCUT2D eigenvalue weighted by atomic mass is 32.1. The summed E-state index contributed by atoms with van der Waals surface area (Å²) in [5.41, 5.74) is 0.977. The van der Waals surface area contributed by atoms with Gasteiger partial charge in [-0.05, 0) is 31.0 Å². The number of methoxy groups -OCH3 is 2. The Morgan fingerprint density at radius 3 is 2.76 bits per heavy atom. The average molecular weight is 360 g/mol. The maximum atomic E-state index is 5.41. The molecule has 132 valence electrons. The molecule has 0 amide bonds. The van der Waals surface area contributed by atoms with E-state index < -0.39 is 0 Å². The van der Waals surface area contributed by atoms with Gasteiger partial charge in [0.25, 0.3) is 0 Å². The van der Waals surface area contributed by atoms with Crippen molar-refractivity contribution in [3.8, 4) is 22.1 Å². The van der Waals surface area contributed by atoms with E-state index in [-0.39, 0.29) is 0 Å². The van der Waals surface area contributed by atoms with Gasteiger partial charge in [0.15, 0.2) is 11.5 Å². The summed E-state index contributed by atoms with van der Waals surface area (Å²) in [7, 11) is 3.26. The van der Waals surface area contributed by atoms with Crippen LogP contribution in [0.1, 0.15) is 12.8 Å². The Morgan fingerprint density at radius 2 is 2.00 bits per heavy atom. The van der Waals surface area contributed by atoms with E-state index in [0.29, 0.717) is 17.5 Å². The van der Waals surface area contributed by atoms with Gasteiger partial charge < -0.3 is 19.5 Å². The second-order valence-corrected chi connectivity index (χ2v) is 6.80. The number of nitrogens with one attached hydrogen (secondary N) is 1. The van der Waals surface area contributed by atoms with Crippen LogP contribution in [0.25, 0.3) is 15.5 Å². The summed E-state index contributed by atoms with van der Waals surface area (Å²) in [5, 5.41) is 9.14. The summed E-state index contributed by atoms with van der Waals surface area (Å²) >= 11 is 1.55. The van der Waals surface area contributed by atoms with Crippen LogP contribution in [-0.2, 0) is 4.74 Å². The zero-order valence-electron chi connectivity index (χ0n) is 14.2. The third-order valence-electron chi connectivity index (χ3n) is 4.29. The molecular weight excluding hydrogens is 340 g/mol. The zero-order chi connectivity index (χ0) is 17.2. The van der Waals surface area contributed by atoms with Crippen molar-refractivity contribution >= 4 is 22.1 Å². The molecule has 7 nitrogen and oxygen atoms in total. The Kier molecular flexibility index (Phi) is 4.46. The van der Waals surface area contributed by atoms with Crippen LogP contribution in [0, 0.1) is 0 Å². The predicted molar refractivity (Wildman–Crippen MR) is 96.9 cm³/mol. The number of aromatic nitrogens is 3. The normalized spacial score (nSPS) is 15.4. The van der Waals surface area contributed by atoms with E-state index in [1.165, 1.54) is 0 Å². The van der Waals surface area contributed by atoms with Crippen molar-refractivity contribution < 1.29 is 14.2 Å². The second-order valence-electron chi connectivity index (χ2n) is 5.85. The van der Waals surface area contributed by atoms with Crippen molar-refractivity contribution in [1.29, 1.82) is 0 Å². The summed E-state index contributed by atoms with van der Waals surface area (Å²) in [6, 6.07) is 6.20. The summed E-state index contributed by atoms with van der Waals surface area (Å²) < 4.78 is 18.0. The first-order valence-electron chi connectivity index (χ1n) is 8.19. The van der Waals surface area contributed by atoms with E-state index in [9.17, 15) is 0 Å². The fourth-order valence-corrected chi connectivity index (χ4v) is 3.80. The molecule has 0 atom stereocenters. The van der Waals surface area contributed by atoms with Crippen LogP contribution in [-0.4, -0.2) is 48.1 Å². The van der Waals surface area contributed by atoms with Crippen molar-refractivity contribution in [2.75, 3.05) is 32.8 Å². The van der Waals surface area contributed by atoms with Crippen LogP contribution in [0.5, 0.6) is 11.5 Å². The molecule has 0 aliphatic carbocycles. The van der Waals surface area contributed by atoms with E-state index in [1.54, 1.807) is 25.6 Å². The number of fused-ring (bicyclic) bond motifs is 1. The third kappa shape index (κ3) is 3.14. The van der Waals surface area contributed by atoms with Gasteiger partial charge in [0.2, 0.25) is 4.96 Å². The molecule has 1 aromatic carbocycles. The lowest BCUT2D eigenvalue weighted by atomic mass is 10.1. The maximum absolute atomic E-state index is 5.41. The van der Waals surface area contributed by atoms with E-state index in [2.05, 4.69) is 10.3 Å². The van der Waals surface area contributed by atoms with Crippen LogP contribution < -0.4 is 14.8 Å². The highest BCUT2D eigenvalue weighted by molar-refractivity contribution is 7.19. The van der Waals surface area contributed by atoms with Gasteiger partial charge in [-0.2, -0.15) is 9.61 Å². The number of imidazole rings is 1. The van der Waals surface area contributed by atoms with Gasteiger partial charge in [-0.3, -0.25) is 0 Å². The fourth-order valence-electron chi connectivity index (χ4n) is 2.93. The smallest absolute Gasteiger partial charge is 0.214 e. The molecule has 1 aliphatic rings. The molecule has 3 heterocycles. The molecule has 0 spiro atoms. The zero-order valence-corrected chi connectivity index (χ0v) is 15.0. The highest BCUT2D eigenvalue weighted by Gasteiger charge is 2.18. The lowest BCUT2D eigenvalue weighted by Crippen LogP contribution is -2.28. The van der Waals surface area contributed by atoms with Crippen molar-refractivity contribution in [1.82, 2.24) is 14.6 Å². The Hall–Kier alpha value is -2.32. The minimum absolute atomic E-state index is 0.403. The molecule has 3 aromatic rings. The number of anilines is 1. The van der Waals surface area contributed by atoms with Crippen LogP contribution in [0.2, 0.25) is 0 Å². The molecule has 4 rings (SSSR count). The lowest BCUT2D eigenvalue weighted by molar-refractivity contribution is 0.0903. The Balaban J connectivity index is 1.63. The Morgan fingerprint density at radius 1 is 1.20 bits per heavy atom. The molecule has 0 bridgehead atoms. The number of benzene rings is 1. The molecule has 1 aliphatic heterocycles. The Labute approximate surface area is 149 Å². The lowest BCUT2D eigenvalue weighted by Gasteiger charge is -2.23. The second kappa shape index (κ2) is 6.89. The first-order chi connectivity index (χ1) is 12.3. The number of rotatable bonds is 5. The largest absolute Gasteiger partial charge is 0.493 e. The van der Waals surface area contributed by atoms with Gasteiger partial charge in [-0.25, -0.2) is 4.98 Å². The molecule has 1 N–H and O–H groups in total. The topological polar surface area (TPSA) is 69.9 Å². The number of nitrogens with zero attached hydrogens (tertiary/aromatic N) is 3. The summed E-state index contributed by atoms with van der Waals surface area (Å²) in [5.74, 6) is 2.31. The molecule has 8 heteroatoms. The molecule has 2 aromatic heterocycles. The standard InChI is InChI=1S/C17H20N4O3S/c1-22-13-4-3-11(9-14(13)23-2)16-20-21-15(10-18-17(21)25-16)19-12-5-7-24-8-6-12/h3-4,9-10,12,19H,5-8H2,1-2H3. The molecule has 1 fully saturated rings. The summed E-state index contributed by atoms with van der Waals surface area (Å²) in [6.45, 7) is 1.60. The van der Waals surface area contributed by atoms with E-state index >= 15 is 0 Å². The fraction of sp³-hybridized carbons (Fsp3) is 0.412. The first-order valence-corrected chi connectivity index (χ1v) is 9.01. The monoisotopic (exact) mass is 360 g/mol. The Bertz CT molecular complexity index is 870. The molecule has 1 saturated heterocycles. The van der Waals surface area contributed by atoms with Crippen LogP contribution >= 0.6 is 11.3 Å². The van der Waals surface area contributed by atoms with Gasteiger partial charge >= 0.3 is 0 Å². The molecular formula is C17H20N4O3S. The molecule has 0 saturated carbocycles. The van der Waals surface area contributed by atoms with Crippen molar-refractivity contribution in [3.05, 3.63) is 24.4 Å². The first kappa shape index (κ1) is 16.2. The minimum atomic E-state index is 0.403. The van der Waals surface area contributed by atoms with E-state index in [0.717, 1.165) is 47.4 Å². The number of ether oxygens (including phenoxy) is 3. The van der Waals surface area contributed by atoms with Crippen LogP contribution in [0.4, 0.5) is 5.82 Å². The van der Waals surface area contributed by atoms with E-state index in [4.69, 9.17) is 19.3 Å².